The predicted octanol–water partition coefficient (Wildman–Crippen LogP) is 1.52. The summed E-state index contributed by atoms with van der Waals surface area (Å²) in [5.41, 5.74) is 8.40. The van der Waals surface area contributed by atoms with Gasteiger partial charge in [0.25, 0.3) is 0 Å². The van der Waals surface area contributed by atoms with E-state index >= 15 is 0 Å². The number of hydrogen-bond donors (Lipinski definition) is 1. The van der Waals surface area contributed by atoms with Gasteiger partial charge in [0.2, 0.25) is 0 Å². The number of hydrogen-bond acceptors (Lipinski definition) is 3. The molecular weight excluding hydrogens is 150 g/mol. The Bertz CT molecular complexity index is 423. The fourth-order valence-electron chi connectivity index (χ4n) is 1.20. The summed E-state index contributed by atoms with van der Waals surface area (Å²) in [6.45, 7) is 2.01. The van der Waals surface area contributed by atoms with E-state index < -0.39 is 0 Å². The minimum atomic E-state index is 0.466. The largest absolute Gasteiger partial charge is 0.382 e. The van der Waals surface area contributed by atoms with Crippen molar-refractivity contribution < 1.29 is 0 Å². The number of fused-ring (bicyclic) bond motifs is 1. The summed E-state index contributed by atoms with van der Waals surface area (Å²) in [6, 6.07) is 5.87. The van der Waals surface area contributed by atoms with Crippen LogP contribution < -0.4 is 5.73 Å². The van der Waals surface area contributed by atoms with Gasteiger partial charge in [-0.2, -0.15) is 0 Å². The van der Waals surface area contributed by atoms with Crippen molar-refractivity contribution in [2.75, 3.05) is 5.73 Å². The van der Waals surface area contributed by atoms with Gasteiger partial charge in [0, 0.05) is 0 Å². The van der Waals surface area contributed by atoms with Gasteiger partial charge in [-0.25, -0.2) is 4.98 Å². The van der Waals surface area contributed by atoms with Gasteiger partial charge in [-0.3, -0.25) is 4.98 Å². The van der Waals surface area contributed by atoms with Crippen LogP contribution in [0.25, 0.3) is 11.0 Å². The molecule has 0 saturated heterocycles. The molecule has 3 nitrogen and oxygen atoms in total. The summed E-state index contributed by atoms with van der Waals surface area (Å²) in [5, 5.41) is 0. The molecular formula is C9H9N3. The summed E-state index contributed by atoms with van der Waals surface area (Å²) in [5.74, 6) is 0.466. The Hall–Kier alpha value is -1.64. The van der Waals surface area contributed by atoms with Crippen molar-refractivity contribution in [2.45, 2.75) is 6.92 Å². The molecule has 0 fully saturated rings. The zero-order valence-corrected chi connectivity index (χ0v) is 6.78. The Kier molecular flexibility index (Phi) is 1.43. The minimum absolute atomic E-state index is 0.466. The Balaban J connectivity index is 2.86. The molecule has 12 heavy (non-hydrogen) atoms. The van der Waals surface area contributed by atoms with Crippen LogP contribution in [0.5, 0.6) is 0 Å². The summed E-state index contributed by atoms with van der Waals surface area (Å²) >= 11 is 0. The van der Waals surface area contributed by atoms with E-state index in [-0.39, 0.29) is 0 Å². The van der Waals surface area contributed by atoms with Crippen LogP contribution >= 0.6 is 0 Å². The highest BCUT2D eigenvalue weighted by Crippen LogP contribution is 2.13. The van der Waals surface area contributed by atoms with E-state index in [2.05, 4.69) is 9.97 Å². The van der Waals surface area contributed by atoms with E-state index in [1.165, 1.54) is 0 Å². The van der Waals surface area contributed by atoms with Gasteiger partial charge in [0.15, 0.2) is 0 Å². The first kappa shape index (κ1) is 7.03. The van der Waals surface area contributed by atoms with Gasteiger partial charge >= 0.3 is 0 Å². The van der Waals surface area contributed by atoms with Gasteiger partial charge < -0.3 is 5.73 Å². The summed E-state index contributed by atoms with van der Waals surface area (Å²) < 4.78 is 0. The highest BCUT2D eigenvalue weighted by Gasteiger charge is 1.98. The second-order valence-electron chi connectivity index (χ2n) is 2.74. The van der Waals surface area contributed by atoms with Crippen molar-refractivity contribution in [2.24, 2.45) is 0 Å². The lowest BCUT2D eigenvalue weighted by molar-refractivity contribution is 1.28. The molecule has 1 aromatic heterocycles. The lowest BCUT2D eigenvalue weighted by atomic mass is 10.2. The molecule has 0 saturated carbocycles. The second-order valence-corrected chi connectivity index (χ2v) is 2.74. The third-order valence-electron chi connectivity index (χ3n) is 1.79. The Morgan fingerprint density at radius 1 is 1.33 bits per heavy atom. The molecule has 1 heterocycles. The number of nitrogen functional groups attached to an aromatic ring is 1. The fraction of sp³-hybridized carbons (Fsp3) is 0.111. The van der Waals surface area contributed by atoms with Crippen LogP contribution in [-0.2, 0) is 0 Å². The molecule has 0 unspecified atom stereocenters. The van der Waals surface area contributed by atoms with Gasteiger partial charge in [-0.15, -0.1) is 0 Å². The Morgan fingerprint density at radius 3 is 3.00 bits per heavy atom. The molecule has 2 N–H and O–H groups in total. The zero-order chi connectivity index (χ0) is 8.55. The fourth-order valence-corrected chi connectivity index (χ4v) is 1.20. The summed E-state index contributed by atoms with van der Waals surface area (Å²) in [4.78, 5) is 8.34. The van der Waals surface area contributed by atoms with Crippen LogP contribution in [0.1, 0.15) is 5.56 Å². The average molecular weight is 159 g/mol. The van der Waals surface area contributed by atoms with Crippen molar-refractivity contribution in [1.29, 1.82) is 0 Å². The highest BCUT2D eigenvalue weighted by molar-refractivity contribution is 5.78. The number of aromatic nitrogens is 2. The molecule has 60 valence electrons. The minimum Gasteiger partial charge on any atom is -0.382 e. The third kappa shape index (κ3) is 0.993. The maximum absolute atomic E-state index is 5.50. The standard InChI is InChI=1S/C9H9N3/c1-6-3-2-4-7-9(6)11-5-8(10)12-7/h2-5H,1H3,(H2,10,12). The van der Waals surface area contributed by atoms with E-state index in [4.69, 9.17) is 5.73 Å². The topological polar surface area (TPSA) is 51.8 Å². The van der Waals surface area contributed by atoms with Gasteiger partial charge in [0.1, 0.15) is 5.82 Å². The molecule has 0 bridgehead atoms. The first-order valence-corrected chi connectivity index (χ1v) is 3.75. The third-order valence-corrected chi connectivity index (χ3v) is 1.79. The summed E-state index contributed by atoms with van der Waals surface area (Å²) in [7, 11) is 0. The van der Waals surface area contributed by atoms with Crippen LogP contribution in [-0.4, -0.2) is 9.97 Å². The molecule has 0 spiro atoms. The molecule has 2 aromatic rings. The monoisotopic (exact) mass is 159 g/mol. The van der Waals surface area contributed by atoms with Crippen LogP contribution in [0, 0.1) is 6.92 Å². The van der Waals surface area contributed by atoms with Crippen molar-refractivity contribution in [3.05, 3.63) is 30.0 Å². The van der Waals surface area contributed by atoms with E-state index in [1.807, 2.05) is 25.1 Å². The van der Waals surface area contributed by atoms with Gasteiger partial charge in [-0.05, 0) is 18.6 Å². The molecule has 3 heteroatoms. The molecule has 1 aromatic carbocycles. The Labute approximate surface area is 70.3 Å². The number of nitrogens with zero attached hydrogens (tertiary/aromatic N) is 2. The molecule has 0 atom stereocenters. The van der Waals surface area contributed by atoms with Crippen molar-refractivity contribution in [3.8, 4) is 0 Å². The number of nitrogens with two attached hydrogens (primary N) is 1. The average Bonchev–Trinajstić information content (AvgIpc) is 2.04. The molecule has 0 aliphatic heterocycles. The lowest BCUT2D eigenvalue weighted by Gasteiger charge is -1.99. The SMILES string of the molecule is Cc1cccc2nc(N)cnc12. The maximum atomic E-state index is 5.50. The van der Waals surface area contributed by atoms with E-state index in [9.17, 15) is 0 Å². The second kappa shape index (κ2) is 2.44. The predicted molar refractivity (Wildman–Crippen MR) is 48.7 cm³/mol. The molecule has 0 radical (unpaired) electrons. The number of benzene rings is 1. The molecule has 0 aliphatic carbocycles. The van der Waals surface area contributed by atoms with E-state index in [0.29, 0.717) is 5.82 Å². The van der Waals surface area contributed by atoms with Crippen LogP contribution in [0.3, 0.4) is 0 Å². The number of aryl methyl sites for hydroxylation is 1. The maximum Gasteiger partial charge on any atom is 0.142 e. The molecule has 0 amide bonds. The van der Waals surface area contributed by atoms with Crippen LogP contribution in [0.4, 0.5) is 5.82 Å². The number of anilines is 1. The smallest absolute Gasteiger partial charge is 0.142 e. The zero-order valence-electron chi connectivity index (χ0n) is 6.78. The van der Waals surface area contributed by atoms with Gasteiger partial charge in [0.05, 0.1) is 17.2 Å². The number of rotatable bonds is 0. The first-order chi connectivity index (χ1) is 5.77. The highest BCUT2D eigenvalue weighted by atomic mass is 14.9. The summed E-state index contributed by atoms with van der Waals surface area (Å²) in [6.07, 6.45) is 1.58. The van der Waals surface area contributed by atoms with Crippen molar-refractivity contribution in [1.82, 2.24) is 9.97 Å². The van der Waals surface area contributed by atoms with Gasteiger partial charge in [-0.1, -0.05) is 12.1 Å². The van der Waals surface area contributed by atoms with Crippen LogP contribution in [0.15, 0.2) is 24.4 Å². The lowest BCUT2D eigenvalue weighted by Crippen LogP contribution is -1.93. The van der Waals surface area contributed by atoms with Crippen molar-refractivity contribution in [3.63, 3.8) is 0 Å². The number of para-hydroxylation sites is 1. The molecule has 2 rings (SSSR count). The molecule has 0 aliphatic rings. The normalized spacial score (nSPS) is 10.4. The Morgan fingerprint density at radius 2 is 2.17 bits per heavy atom. The van der Waals surface area contributed by atoms with Crippen LogP contribution in [0.2, 0.25) is 0 Å². The van der Waals surface area contributed by atoms with E-state index in [0.717, 1.165) is 16.6 Å². The first-order valence-electron chi connectivity index (χ1n) is 3.75. The quantitative estimate of drug-likeness (QED) is 0.634. The van der Waals surface area contributed by atoms with E-state index in [1.54, 1.807) is 6.20 Å². The van der Waals surface area contributed by atoms with Crippen molar-refractivity contribution >= 4 is 16.9 Å².